The third-order valence-corrected chi connectivity index (χ3v) is 4.67. The molecule has 1 aromatic rings. The molecule has 140 valence electrons. The van der Waals surface area contributed by atoms with E-state index in [2.05, 4.69) is 15.3 Å². The van der Waals surface area contributed by atoms with E-state index in [9.17, 15) is 9.59 Å². The number of carbonyl (C=O) groups is 2. The Balaban J connectivity index is 2.02. The third kappa shape index (κ3) is 5.59. The second-order valence-corrected chi connectivity index (χ2v) is 7.01. The van der Waals surface area contributed by atoms with Gasteiger partial charge in [0.05, 0.1) is 6.54 Å². The molecule has 1 N–H and O–H groups in total. The summed E-state index contributed by atoms with van der Waals surface area (Å²) in [4.78, 5) is 34.0. The molecule has 2 rings (SSSR count). The molecule has 1 saturated heterocycles. The molecule has 2 amide bonds. The zero-order chi connectivity index (χ0) is 18.9. The monoisotopic (exact) mass is 377 g/mol. The van der Waals surface area contributed by atoms with E-state index in [4.69, 9.17) is 10.00 Å². The molecule has 2 heterocycles. The fraction of sp³-hybridized carbons (Fsp3) is 0.588. The average Bonchev–Trinajstić information content (AvgIpc) is 2.65. The molecule has 0 spiro atoms. The van der Waals surface area contributed by atoms with E-state index in [-0.39, 0.29) is 29.5 Å². The smallest absolute Gasteiger partial charge is 0.251 e. The summed E-state index contributed by atoms with van der Waals surface area (Å²) < 4.78 is 5.82. The van der Waals surface area contributed by atoms with Gasteiger partial charge in [-0.25, -0.2) is 9.97 Å². The number of carbonyl (C=O) groups excluding carboxylic acids is 2. The first-order valence-corrected chi connectivity index (χ1v) is 9.87. The molecule has 1 aromatic heterocycles. The molecule has 0 aromatic carbocycles. The van der Waals surface area contributed by atoms with E-state index in [1.807, 2.05) is 12.3 Å². The second-order valence-electron chi connectivity index (χ2n) is 6.02. The van der Waals surface area contributed by atoms with E-state index in [1.165, 1.54) is 19.3 Å². The Morgan fingerprint density at radius 1 is 1.50 bits per heavy atom. The van der Waals surface area contributed by atoms with Crippen LogP contribution in [0, 0.1) is 11.3 Å². The molecule has 0 bridgehead atoms. The Bertz CT molecular complexity index is 679. The Kier molecular flexibility index (Phi) is 7.66. The standard InChI is InChI=1S/C17H23N5O3S/c1-12(23)21-14(5-9-26-2)17(24)22-8-3-4-13(11-22)25-16-15(10-18)19-6-7-20-16/h6-7,13-14H,3-5,8-9,11H2,1-2H3,(H,21,23)/t13-,14-/m1/s1. The van der Waals surface area contributed by atoms with Gasteiger partial charge in [-0.05, 0) is 31.3 Å². The van der Waals surface area contributed by atoms with Crippen LogP contribution in [0.15, 0.2) is 12.4 Å². The maximum atomic E-state index is 12.8. The number of nitrogens with one attached hydrogen (secondary N) is 1. The number of ether oxygens (including phenoxy) is 1. The van der Waals surface area contributed by atoms with Crippen molar-refractivity contribution in [2.45, 2.75) is 38.3 Å². The van der Waals surface area contributed by atoms with Gasteiger partial charge in [-0.1, -0.05) is 0 Å². The van der Waals surface area contributed by atoms with Crippen molar-refractivity contribution in [3.8, 4) is 11.9 Å². The zero-order valence-corrected chi connectivity index (χ0v) is 15.8. The third-order valence-electron chi connectivity index (χ3n) is 4.02. The molecule has 0 unspecified atom stereocenters. The molecule has 1 aliphatic rings. The van der Waals surface area contributed by atoms with E-state index in [0.717, 1.165) is 18.6 Å². The first kappa shape index (κ1) is 20.0. The highest BCUT2D eigenvalue weighted by Crippen LogP contribution is 2.19. The van der Waals surface area contributed by atoms with Crippen LogP contribution in [-0.4, -0.2) is 63.9 Å². The van der Waals surface area contributed by atoms with Crippen molar-refractivity contribution in [1.29, 1.82) is 5.26 Å². The first-order chi connectivity index (χ1) is 12.5. The maximum absolute atomic E-state index is 12.8. The molecule has 2 atom stereocenters. The number of rotatable bonds is 7. The lowest BCUT2D eigenvalue weighted by Gasteiger charge is -2.34. The SMILES string of the molecule is CSCC[C@@H](NC(C)=O)C(=O)N1CCC[C@@H](Oc2nccnc2C#N)C1. The van der Waals surface area contributed by atoms with Crippen LogP contribution in [0.2, 0.25) is 0 Å². The summed E-state index contributed by atoms with van der Waals surface area (Å²) in [5.74, 6) is 0.667. The Morgan fingerprint density at radius 2 is 2.27 bits per heavy atom. The molecule has 1 aliphatic heterocycles. The summed E-state index contributed by atoms with van der Waals surface area (Å²) in [6.45, 7) is 2.44. The lowest BCUT2D eigenvalue weighted by Crippen LogP contribution is -2.53. The summed E-state index contributed by atoms with van der Waals surface area (Å²) in [5, 5.41) is 11.8. The summed E-state index contributed by atoms with van der Waals surface area (Å²) in [6.07, 6.45) is 6.76. The van der Waals surface area contributed by atoms with Crippen molar-refractivity contribution in [3.63, 3.8) is 0 Å². The summed E-state index contributed by atoms with van der Waals surface area (Å²) in [5.41, 5.74) is 0.132. The van der Waals surface area contributed by atoms with Crippen LogP contribution in [-0.2, 0) is 9.59 Å². The number of nitriles is 1. The van der Waals surface area contributed by atoms with Gasteiger partial charge >= 0.3 is 0 Å². The second kappa shape index (κ2) is 9.97. The number of hydrogen-bond donors (Lipinski definition) is 1. The van der Waals surface area contributed by atoms with Crippen LogP contribution in [0.4, 0.5) is 0 Å². The van der Waals surface area contributed by atoms with Gasteiger partial charge < -0.3 is 15.0 Å². The predicted octanol–water partition coefficient (Wildman–Crippen LogP) is 0.976. The minimum absolute atomic E-state index is 0.0952. The van der Waals surface area contributed by atoms with Crippen molar-refractivity contribution < 1.29 is 14.3 Å². The number of likely N-dealkylation sites (tertiary alicyclic amines) is 1. The van der Waals surface area contributed by atoms with Gasteiger partial charge in [-0.2, -0.15) is 17.0 Å². The van der Waals surface area contributed by atoms with Gasteiger partial charge in [-0.15, -0.1) is 0 Å². The van der Waals surface area contributed by atoms with Crippen molar-refractivity contribution in [2.75, 3.05) is 25.1 Å². The van der Waals surface area contributed by atoms with Crippen molar-refractivity contribution in [3.05, 3.63) is 18.1 Å². The van der Waals surface area contributed by atoms with Crippen molar-refractivity contribution in [1.82, 2.24) is 20.2 Å². The lowest BCUT2D eigenvalue weighted by atomic mass is 10.1. The molecule has 0 radical (unpaired) electrons. The summed E-state index contributed by atoms with van der Waals surface area (Å²) >= 11 is 1.63. The molecule has 9 heteroatoms. The molecule has 1 fully saturated rings. The van der Waals surface area contributed by atoms with Crippen LogP contribution in [0.1, 0.15) is 31.9 Å². The highest BCUT2D eigenvalue weighted by Gasteiger charge is 2.30. The maximum Gasteiger partial charge on any atom is 0.251 e. The van der Waals surface area contributed by atoms with Gasteiger partial charge in [-0.3, -0.25) is 9.59 Å². The van der Waals surface area contributed by atoms with E-state index < -0.39 is 6.04 Å². The minimum atomic E-state index is -0.523. The van der Waals surface area contributed by atoms with Crippen molar-refractivity contribution >= 4 is 23.6 Å². The number of thioether (sulfide) groups is 1. The Hall–Kier alpha value is -2.34. The highest BCUT2D eigenvalue weighted by molar-refractivity contribution is 7.98. The summed E-state index contributed by atoms with van der Waals surface area (Å²) in [7, 11) is 0. The van der Waals surface area contributed by atoms with E-state index >= 15 is 0 Å². The average molecular weight is 377 g/mol. The molecule has 0 saturated carbocycles. The van der Waals surface area contributed by atoms with Gasteiger partial charge in [0.25, 0.3) is 5.88 Å². The van der Waals surface area contributed by atoms with E-state index in [1.54, 1.807) is 16.7 Å². The largest absolute Gasteiger partial charge is 0.470 e. The fourth-order valence-electron chi connectivity index (χ4n) is 2.84. The van der Waals surface area contributed by atoms with E-state index in [0.29, 0.717) is 19.5 Å². The van der Waals surface area contributed by atoms with Gasteiger partial charge in [0.2, 0.25) is 17.5 Å². The van der Waals surface area contributed by atoms with Crippen LogP contribution < -0.4 is 10.1 Å². The predicted molar refractivity (Wildman–Crippen MR) is 97.6 cm³/mol. The van der Waals surface area contributed by atoms with Crippen LogP contribution in [0.25, 0.3) is 0 Å². The lowest BCUT2D eigenvalue weighted by molar-refractivity contribution is -0.138. The number of nitrogens with zero attached hydrogens (tertiary/aromatic N) is 4. The molecular weight excluding hydrogens is 354 g/mol. The van der Waals surface area contributed by atoms with Gasteiger partial charge in [0, 0.05) is 25.9 Å². The first-order valence-electron chi connectivity index (χ1n) is 8.47. The molecular formula is C17H23N5O3S. The Labute approximate surface area is 157 Å². The number of hydrogen-bond acceptors (Lipinski definition) is 7. The van der Waals surface area contributed by atoms with Gasteiger partial charge in [0.15, 0.2) is 0 Å². The molecule has 8 nitrogen and oxygen atoms in total. The Morgan fingerprint density at radius 3 is 2.96 bits per heavy atom. The normalized spacial score (nSPS) is 17.9. The van der Waals surface area contributed by atoms with Crippen LogP contribution in [0.3, 0.4) is 0 Å². The number of aromatic nitrogens is 2. The topological polar surface area (TPSA) is 108 Å². The molecule has 26 heavy (non-hydrogen) atoms. The highest BCUT2D eigenvalue weighted by atomic mass is 32.2. The van der Waals surface area contributed by atoms with Gasteiger partial charge in [0.1, 0.15) is 18.2 Å². The number of amides is 2. The van der Waals surface area contributed by atoms with Crippen LogP contribution >= 0.6 is 11.8 Å². The fourth-order valence-corrected chi connectivity index (χ4v) is 3.31. The quantitative estimate of drug-likeness (QED) is 0.754. The minimum Gasteiger partial charge on any atom is -0.470 e. The summed E-state index contributed by atoms with van der Waals surface area (Å²) in [6, 6.07) is 1.43. The zero-order valence-electron chi connectivity index (χ0n) is 15.0. The van der Waals surface area contributed by atoms with Crippen LogP contribution in [0.5, 0.6) is 5.88 Å². The molecule has 0 aliphatic carbocycles. The van der Waals surface area contributed by atoms with Crippen molar-refractivity contribution in [2.24, 2.45) is 0 Å². The number of piperidine rings is 1.